The van der Waals surface area contributed by atoms with Crippen molar-refractivity contribution in [3.8, 4) is 0 Å². The first-order valence-electron chi connectivity index (χ1n) is 6.88. The van der Waals surface area contributed by atoms with Gasteiger partial charge in [0.15, 0.2) is 5.58 Å². The molecule has 0 fully saturated rings. The van der Waals surface area contributed by atoms with Gasteiger partial charge in [-0.05, 0) is 46.9 Å². The Morgan fingerprint density at radius 2 is 2.08 bits per heavy atom. The van der Waals surface area contributed by atoms with E-state index in [2.05, 4.69) is 27.9 Å². The third-order valence-electron chi connectivity index (χ3n) is 3.37. The third kappa shape index (κ3) is 3.66. The Bertz CT molecular complexity index is 1060. The first-order chi connectivity index (χ1) is 11.8. The zero-order chi connectivity index (χ0) is 18.1. The van der Waals surface area contributed by atoms with Crippen LogP contribution in [0.3, 0.4) is 0 Å². The SMILES string of the molecule is O=C(Cn1c(=O)oc2cc([N+](=O)[O-])ccc21)Nc1ccc(I)cc1Cl. The van der Waals surface area contributed by atoms with Crippen molar-refractivity contribution in [1.29, 1.82) is 0 Å². The number of rotatable bonds is 4. The van der Waals surface area contributed by atoms with E-state index >= 15 is 0 Å². The summed E-state index contributed by atoms with van der Waals surface area (Å²) in [7, 11) is 0. The first-order valence-corrected chi connectivity index (χ1v) is 8.33. The van der Waals surface area contributed by atoms with Crippen molar-refractivity contribution in [3.05, 3.63) is 65.7 Å². The predicted molar refractivity (Wildman–Crippen MR) is 99.9 cm³/mol. The van der Waals surface area contributed by atoms with Crippen LogP contribution in [-0.4, -0.2) is 15.4 Å². The Hall–Kier alpha value is -2.40. The molecule has 10 heteroatoms. The fourth-order valence-electron chi connectivity index (χ4n) is 2.24. The van der Waals surface area contributed by atoms with E-state index in [0.29, 0.717) is 16.2 Å². The Morgan fingerprint density at radius 1 is 1.32 bits per heavy atom. The Labute approximate surface area is 158 Å². The van der Waals surface area contributed by atoms with Crippen molar-refractivity contribution in [3.63, 3.8) is 0 Å². The summed E-state index contributed by atoms with van der Waals surface area (Å²) in [5, 5.41) is 13.8. The van der Waals surface area contributed by atoms with Crippen LogP contribution in [0.1, 0.15) is 0 Å². The number of carbonyl (C=O) groups excluding carboxylic acids is 1. The van der Waals surface area contributed by atoms with Crippen molar-refractivity contribution < 1.29 is 14.1 Å². The first kappa shape index (κ1) is 17.4. The molecule has 0 saturated heterocycles. The van der Waals surface area contributed by atoms with Crippen molar-refractivity contribution in [2.24, 2.45) is 0 Å². The second-order valence-electron chi connectivity index (χ2n) is 5.04. The van der Waals surface area contributed by atoms with Crippen molar-refractivity contribution >= 4 is 62.6 Å². The molecule has 0 aliphatic carbocycles. The maximum atomic E-state index is 12.2. The zero-order valence-electron chi connectivity index (χ0n) is 12.4. The van der Waals surface area contributed by atoms with E-state index in [9.17, 15) is 19.7 Å². The van der Waals surface area contributed by atoms with Gasteiger partial charge in [0.2, 0.25) is 5.91 Å². The molecule has 0 atom stereocenters. The van der Waals surface area contributed by atoms with Crippen LogP contribution >= 0.6 is 34.2 Å². The molecule has 0 bridgehead atoms. The van der Waals surface area contributed by atoms with Crippen molar-refractivity contribution in [2.75, 3.05) is 5.32 Å². The Kier molecular flexibility index (Phi) is 4.77. The highest BCUT2D eigenvalue weighted by Crippen LogP contribution is 2.24. The van der Waals surface area contributed by atoms with E-state index in [-0.39, 0.29) is 17.8 Å². The van der Waals surface area contributed by atoms with Gasteiger partial charge in [0, 0.05) is 9.64 Å². The predicted octanol–water partition coefficient (Wildman–Crippen LogP) is 3.40. The van der Waals surface area contributed by atoms with Crippen molar-refractivity contribution in [1.82, 2.24) is 4.57 Å². The normalized spacial score (nSPS) is 10.8. The number of nitro groups is 1. The molecule has 0 aliphatic heterocycles. The smallest absolute Gasteiger partial charge is 0.407 e. The van der Waals surface area contributed by atoms with Gasteiger partial charge in [0.1, 0.15) is 6.54 Å². The lowest BCUT2D eigenvalue weighted by molar-refractivity contribution is -0.384. The average Bonchev–Trinajstić information content (AvgIpc) is 2.85. The summed E-state index contributed by atoms with van der Waals surface area (Å²) < 4.78 is 6.98. The average molecular weight is 474 g/mol. The molecule has 1 aromatic heterocycles. The summed E-state index contributed by atoms with van der Waals surface area (Å²) in [6, 6.07) is 8.87. The summed E-state index contributed by atoms with van der Waals surface area (Å²) in [6.45, 7) is -0.314. The largest absolute Gasteiger partial charge is 0.420 e. The minimum atomic E-state index is -0.778. The number of benzene rings is 2. The number of non-ortho nitro benzene ring substituents is 1. The van der Waals surface area contributed by atoms with Crippen LogP contribution in [0, 0.1) is 13.7 Å². The van der Waals surface area contributed by atoms with E-state index in [0.717, 1.165) is 14.2 Å². The number of nitrogens with one attached hydrogen (secondary N) is 1. The molecular formula is C15H9ClIN3O5. The molecule has 2 aromatic carbocycles. The maximum Gasteiger partial charge on any atom is 0.420 e. The van der Waals surface area contributed by atoms with E-state index < -0.39 is 16.6 Å². The zero-order valence-corrected chi connectivity index (χ0v) is 15.3. The molecule has 1 amide bonds. The molecule has 0 spiro atoms. The van der Waals surface area contributed by atoms with Gasteiger partial charge in [-0.3, -0.25) is 19.5 Å². The fraction of sp³-hybridized carbons (Fsp3) is 0.0667. The highest BCUT2D eigenvalue weighted by Gasteiger charge is 2.16. The fourth-order valence-corrected chi connectivity index (χ4v) is 3.15. The van der Waals surface area contributed by atoms with Gasteiger partial charge < -0.3 is 9.73 Å². The molecule has 8 nitrogen and oxygen atoms in total. The monoisotopic (exact) mass is 473 g/mol. The lowest BCUT2D eigenvalue weighted by Gasteiger charge is -2.08. The molecule has 0 aliphatic rings. The van der Waals surface area contributed by atoms with E-state index in [1.807, 2.05) is 0 Å². The van der Waals surface area contributed by atoms with Crippen LogP contribution in [0.4, 0.5) is 11.4 Å². The highest BCUT2D eigenvalue weighted by molar-refractivity contribution is 14.1. The second-order valence-corrected chi connectivity index (χ2v) is 6.69. The van der Waals surface area contributed by atoms with Crippen LogP contribution in [0.5, 0.6) is 0 Å². The summed E-state index contributed by atoms with van der Waals surface area (Å²) >= 11 is 8.15. The lowest BCUT2D eigenvalue weighted by Crippen LogP contribution is -2.24. The molecular weight excluding hydrogens is 465 g/mol. The minimum absolute atomic E-state index is 0.0410. The standard InChI is InChI=1S/C15H9ClIN3O5/c16-10-5-8(17)1-3-11(10)18-14(21)7-19-12-4-2-9(20(23)24)6-13(12)25-15(19)22/h1-6H,7H2,(H,18,21). The second kappa shape index (κ2) is 6.84. The molecule has 0 saturated carbocycles. The molecule has 0 unspecified atom stereocenters. The Morgan fingerprint density at radius 3 is 2.76 bits per heavy atom. The lowest BCUT2D eigenvalue weighted by atomic mass is 10.3. The number of hydrogen-bond donors (Lipinski definition) is 1. The van der Waals surface area contributed by atoms with Gasteiger partial charge in [0.25, 0.3) is 5.69 Å². The number of amides is 1. The number of hydrogen-bond acceptors (Lipinski definition) is 5. The minimum Gasteiger partial charge on any atom is -0.407 e. The van der Waals surface area contributed by atoms with Crippen LogP contribution in [0.25, 0.3) is 11.1 Å². The number of nitrogens with zero attached hydrogens (tertiary/aromatic N) is 2. The van der Waals surface area contributed by atoms with Crippen molar-refractivity contribution in [2.45, 2.75) is 6.54 Å². The molecule has 1 heterocycles. The summed E-state index contributed by atoms with van der Waals surface area (Å²) in [5.41, 5.74) is 0.547. The molecule has 25 heavy (non-hydrogen) atoms. The number of carbonyl (C=O) groups is 1. The topological polar surface area (TPSA) is 107 Å². The van der Waals surface area contributed by atoms with Crippen LogP contribution in [-0.2, 0) is 11.3 Å². The summed E-state index contributed by atoms with van der Waals surface area (Å²) in [5.74, 6) is -1.26. The molecule has 3 aromatic rings. The number of aromatic nitrogens is 1. The van der Waals surface area contributed by atoms with Gasteiger partial charge in [-0.15, -0.1) is 0 Å². The van der Waals surface area contributed by atoms with Gasteiger partial charge in [-0.25, -0.2) is 4.79 Å². The molecule has 3 rings (SSSR count). The quantitative estimate of drug-likeness (QED) is 0.355. The van der Waals surface area contributed by atoms with Crippen LogP contribution in [0.2, 0.25) is 5.02 Å². The van der Waals surface area contributed by atoms with E-state index in [1.54, 1.807) is 18.2 Å². The van der Waals surface area contributed by atoms with E-state index in [1.165, 1.54) is 12.1 Å². The molecule has 128 valence electrons. The maximum absolute atomic E-state index is 12.2. The van der Waals surface area contributed by atoms with Gasteiger partial charge in [-0.2, -0.15) is 0 Å². The van der Waals surface area contributed by atoms with Gasteiger partial charge in [-0.1, -0.05) is 11.6 Å². The Balaban J connectivity index is 1.87. The number of nitro benzene ring substituents is 1. The summed E-state index contributed by atoms with van der Waals surface area (Å²) in [4.78, 5) is 34.3. The number of anilines is 1. The molecule has 1 N–H and O–H groups in total. The van der Waals surface area contributed by atoms with Gasteiger partial charge >= 0.3 is 5.76 Å². The van der Waals surface area contributed by atoms with E-state index in [4.69, 9.17) is 16.0 Å². The number of fused-ring (bicyclic) bond motifs is 1. The van der Waals surface area contributed by atoms with Gasteiger partial charge in [0.05, 0.1) is 27.2 Å². The van der Waals surface area contributed by atoms with Crippen LogP contribution in [0.15, 0.2) is 45.6 Å². The highest BCUT2D eigenvalue weighted by atomic mass is 127. The number of oxazole rings is 1. The molecule has 0 radical (unpaired) electrons. The van der Waals surface area contributed by atoms with Crippen LogP contribution < -0.4 is 11.1 Å². The summed E-state index contributed by atoms with van der Waals surface area (Å²) in [6.07, 6.45) is 0. The number of halogens is 2. The third-order valence-corrected chi connectivity index (χ3v) is 4.35.